The molecule has 0 aliphatic heterocycles. The van der Waals surface area contributed by atoms with Crippen molar-refractivity contribution in [2.45, 2.75) is 0 Å². The van der Waals surface area contributed by atoms with E-state index in [-0.39, 0.29) is 5.17 Å². The highest BCUT2D eigenvalue weighted by atomic mass is 35.5. The summed E-state index contributed by atoms with van der Waals surface area (Å²) in [4.78, 5) is 3.00. The molecule has 0 bridgehead atoms. The van der Waals surface area contributed by atoms with Gasteiger partial charge in [-0.15, -0.1) is 0 Å². The largest absolute Gasteiger partial charge is 0.410 e. The van der Waals surface area contributed by atoms with Gasteiger partial charge in [-0.05, 0) is 18.2 Å². The number of nitrogens with zero attached hydrogens (tertiary/aromatic N) is 1. The topological polar surface area (TPSA) is 48.4 Å². The van der Waals surface area contributed by atoms with Gasteiger partial charge < -0.3 is 10.2 Å². The summed E-state index contributed by atoms with van der Waals surface area (Å²) in [6.07, 6.45) is 1.67. The molecule has 1 heterocycles. The van der Waals surface area contributed by atoms with Crippen LogP contribution in [0.1, 0.15) is 5.56 Å². The molecular formula is C9H6Cl2N2O. The lowest BCUT2D eigenvalue weighted by Gasteiger charge is -1.94. The normalized spacial score (nSPS) is 12.3. The summed E-state index contributed by atoms with van der Waals surface area (Å²) in [5.41, 5.74) is 1.53. The van der Waals surface area contributed by atoms with Crippen LogP contribution in [0.3, 0.4) is 0 Å². The van der Waals surface area contributed by atoms with E-state index in [1.54, 1.807) is 18.3 Å². The minimum atomic E-state index is 0.0403. The zero-order chi connectivity index (χ0) is 10.1. The van der Waals surface area contributed by atoms with Gasteiger partial charge in [0, 0.05) is 27.7 Å². The number of nitrogens with one attached hydrogen (secondary N) is 1. The fourth-order valence-electron chi connectivity index (χ4n) is 1.32. The number of H-pyrrole nitrogens is 1. The van der Waals surface area contributed by atoms with E-state index in [9.17, 15) is 0 Å². The number of aromatic amines is 1. The molecule has 0 fully saturated rings. The smallest absolute Gasteiger partial charge is 0.177 e. The summed E-state index contributed by atoms with van der Waals surface area (Å²) in [6.45, 7) is 0. The zero-order valence-electron chi connectivity index (χ0n) is 6.96. The quantitative estimate of drug-likeness (QED) is 0.440. The predicted molar refractivity (Wildman–Crippen MR) is 57.5 cm³/mol. The summed E-state index contributed by atoms with van der Waals surface area (Å²) in [7, 11) is 0. The van der Waals surface area contributed by atoms with Gasteiger partial charge in [0.1, 0.15) is 0 Å². The Labute approximate surface area is 89.9 Å². The third kappa shape index (κ3) is 1.45. The van der Waals surface area contributed by atoms with Crippen LogP contribution in [0.4, 0.5) is 0 Å². The molecule has 1 aromatic carbocycles. The minimum absolute atomic E-state index is 0.0403. The first-order valence-electron chi connectivity index (χ1n) is 3.87. The van der Waals surface area contributed by atoms with Crippen molar-refractivity contribution in [3.63, 3.8) is 0 Å². The van der Waals surface area contributed by atoms with Gasteiger partial charge in [0.2, 0.25) is 0 Å². The summed E-state index contributed by atoms with van der Waals surface area (Å²) < 4.78 is 0. The Kier molecular flexibility index (Phi) is 2.35. The molecule has 5 heteroatoms. The minimum Gasteiger partial charge on any atom is -0.410 e. The fourth-order valence-corrected chi connectivity index (χ4v) is 1.65. The second-order valence-electron chi connectivity index (χ2n) is 2.78. The van der Waals surface area contributed by atoms with Crippen molar-refractivity contribution in [3.8, 4) is 0 Å². The monoisotopic (exact) mass is 228 g/mol. The molecule has 72 valence electrons. The highest BCUT2D eigenvalue weighted by Crippen LogP contribution is 2.23. The maximum Gasteiger partial charge on any atom is 0.177 e. The Bertz CT molecular complexity index is 504. The average Bonchev–Trinajstić information content (AvgIpc) is 2.59. The number of benzene rings is 1. The SMILES string of the molecule is O/N=C(\Cl)c1c[nH]c2ccc(Cl)cc12. The van der Waals surface area contributed by atoms with Crippen LogP contribution in [0.25, 0.3) is 10.9 Å². The van der Waals surface area contributed by atoms with E-state index in [2.05, 4.69) is 10.1 Å². The van der Waals surface area contributed by atoms with Gasteiger partial charge in [0.05, 0.1) is 0 Å². The van der Waals surface area contributed by atoms with Gasteiger partial charge in [-0.2, -0.15) is 0 Å². The highest BCUT2D eigenvalue weighted by molar-refractivity contribution is 6.70. The Balaban J connectivity index is 2.73. The van der Waals surface area contributed by atoms with Gasteiger partial charge in [-0.3, -0.25) is 0 Å². The molecule has 0 radical (unpaired) electrons. The van der Waals surface area contributed by atoms with Crippen LogP contribution in [0.15, 0.2) is 29.6 Å². The number of hydrogen-bond donors (Lipinski definition) is 2. The van der Waals surface area contributed by atoms with Crippen LogP contribution >= 0.6 is 23.2 Å². The van der Waals surface area contributed by atoms with Crippen molar-refractivity contribution in [2.75, 3.05) is 0 Å². The van der Waals surface area contributed by atoms with Gasteiger partial charge in [0.25, 0.3) is 0 Å². The van der Waals surface area contributed by atoms with Crippen LogP contribution in [0.5, 0.6) is 0 Å². The van der Waals surface area contributed by atoms with Crippen LogP contribution in [-0.4, -0.2) is 15.4 Å². The molecule has 0 aliphatic carbocycles. The molecule has 0 atom stereocenters. The van der Waals surface area contributed by atoms with Crippen molar-refractivity contribution < 1.29 is 5.21 Å². The van der Waals surface area contributed by atoms with Crippen molar-refractivity contribution in [3.05, 3.63) is 35.0 Å². The molecule has 0 unspecified atom stereocenters. The number of rotatable bonds is 1. The number of oxime groups is 1. The number of aromatic nitrogens is 1. The van der Waals surface area contributed by atoms with Crippen molar-refractivity contribution in [1.29, 1.82) is 0 Å². The van der Waals surface area contributed by atoms with E-state index in [0.29, 0.717) is 10.6 Å². The number of fused-ring (bicyclic) bond motifs is 1. The molecule has 0 saturated carbocycles. The van der Waals surface area contributed by atoms with Crippen LogP contribution in [-0.2, 0) is 0 Å². The maximum atomic E-state index is 8.54. The van der Waals surface area contributed by atoms with Gasteiger partial charge >= 0.3 is 0 Å². The molecule has 3 nitrogen and oxygen atoms in total. The lowest BCUT2D eigenvalue weighted by Crippen LogP contribution is -1.87. The first-order valence-corrected chi connectivity index (χ1v) is 4.62. The molecule has 2 rings (SSSR count). The van der Waals surface area contributed by atoms with Crippen molar-refractivity contribution >= 4 is 39.3 Å². The Morgan fingerprint density at radius 1 is 1.43 bits per heavy atom. The van der Waals surface area contributed by atoms with Gasteiger partial charge in [0.15, 0.2) is 5.17 Å². The molecule has 0 amide bonds. The number of hydrogen-bond acceptors (Lipinski definition) is 2. The molecule has 2 aromatic rings. The van der Waals surface area contributed by atoms with Gasteiger partial charge in [-0.1, -0.05) is 28.4 Å². The molecule has 0 saturated heterocycles. The van der Waals surface area contributed by atoms with E-state index >= 15 is 0 Å². The average molecular weight is 229 g/mol. The van der Waals surface area contributed by atoms with Gasteiger partial charge in [-0.25, -0.2) is 0 Å². The lowest BCUT2D eigenvalue weighted by atomic mass is 10.2. The highest BCUT2D eigenvalue weighted by Gasteiger charge is 2.08. The first kappa shape index (κ1) is 9.37. The van der Waals surface area contributed by atoms with Crippen molar-refractivity contribution in [1.82, 2.24) is 4.98 Å². The maximum absolute atomic E-state index is 8.54. The molecule has 0 spiro atoms. The fraction of sp³-hybridized carbons (Fsp3) is 0. The molecule has 0 aliphatic rings. The van der Waals surface area contributed by atoms with E-state index < -0.39 is 0 Å². The van der Waals surface area contributed by atoms with E-state index in [1.807, 2.05) is 6.07 Å². The molecule has 14 heavy (non-hydrogen) atoms. The Morgan fingerprint density at radius 3 is 2.93 bits per heavy atom. The summed E-state index contributed by atoms with van der Waals surface area (Å²) in [5, 5.41) is 13.0. The summed E-state index contributed by atoms with van der Waals surface area (Å²) >= 11 is 11.5. The molecule has 1 aromatic heterocycles. The lowest BCUT2D eigenvalue weighted by molar-refractivity contribution is 0.321. The third-order valence-corrected chi connectivity index (χ3v) is 2.47. The Morgan fingerprint density at radius 2 is 2.21 bits per heavy atom. The first-order chi connectivity index (χ1) is 6.72. The van der Waals surface area contributed by atoms with E-state index in [0.717, 1.165) is 10.9 Å². The molecular weight excluding hydrogens is 223 g/mol. The van der Waals surface area contributed by atoms with E-state index in [1.165, 1.54) is 0 Å². The summed E-state index contributed by atoms with van der Waals surface area (Å²) in [5.74, 6) is 0. The van der Waals surface area contributed by atoms with Crippen LogP contribution in [0, 0.1) is 0 Å². The molecule has 2 N–H and O–H groups in total. The van der Waals surface area contributed by atoms with Crippen LogP contribution < -0.4 is 0 Å². The van der Waals surface area contributed by atoms with Crippen molar-refractivity contribution in [2.24, 2.45) is 5.16 Å². The zero-order valence-corrected chi connectivity index (χ0v) is 8.47. The van der Waals surface area contributed by atoms with Crippen LogP contribution in [0.2, 0.25) is 5.02 Å². The summed E-state index contributed by atoms with van der Waals surface area (Å²) in [6, 6.07) is 5.37. The Hall–Kier alpha value is -1.19. The van der Waals surface area contributed by atoms with E-state index in [4.69, 9.17) is 28.4 Å². The predicted octanol–water partition coefficient (Wildman–Crippen LogP) is 3.20. The number of halogens is 2. The standard InChI is InChI=1S/C9H6Cl2N2O/c10-5-1-2-8-6(3-5)7(4-12-8)9(11)13-14/h1-4,12,14H/b13-9-. The second-order valence-corrected chi connectivity index (χ2v) is 3.58. The second kappa shape index (κ2) is 3.52. The third-order valence-electron chi connectivity index (χ3n) is 1.95.